The summed E-state index contributed by atoms with van der Waals surface area (Å²) in [6, 6.07) is 0. The molecule has 0 aromatic rings. The summed E-state index contributed by atoms with van der Waals surface area (Å²) >= 11 is 0. The molecule has 1 heterocycles. The lowest BCUT2D eigenvalue weighted by Gasteiger charge is -1.89. The molecule has 2 atom stereocenters. The van der Waals surface area contributed by atoms with Crippen molar-refractivity contribution in [3.63, 3.8) is 0 Å². The standard InChI is InChI=1S/C6H10O3/c1-3-4-5(9-4)6(7)8-2/h4-5H,3H2,1-2H3/t4-,5+/m1/s1. The highest BCUT2D eigenvalue weighted by atomic mass is 16.6. The lowest BCUT2D eigenvalue weighted by molar-refractivity contribution is -0.142. The average Bonchev–Trinajstić information content (AvgIpc) is 2.64. The first-order valence-corrected chi connectivity index (χ1v) is 3.03. The van der Waals surface area contributed by atoms with Gasteiger partial charge in [-0.05, 0) is 6.42 Å². The van der Waals surface area contributed by atoms with Crippen LogP contribution in [0.1, 0.15) is 13.3 Å². The van der Waals surface area contributed by atoms with Gasteiger partial charge in [0.2, 0.25) is 0 Å². The third-order valence-corrected chi connectivity index (χ3v) is 1.42. The van der Waals surface area contributed by atoms with Crippen LogP contribution in [-0.2, 0) is 14.3 Å². The molecule has 1 fully saturated rings. The largest absolute Gasteiger partial charge is 0.467 e. The van der Waals surface area contributed by atoms with Gasteiger partial charge in [0, 0.05) is 0 Å². The maximum atomic E-state index is 10.6. The van der Waals surface area contributed by atoms with Crippen LogP contribution in [0.2, 0.25) is 0 Å². The molecule has 0 radical (unpaired) electrons. The highest BCUT2D eigenvalue weighted by Gasteiger charge is 2.44. The second kappa shape index (κ2) is 2.35. The van der Waals surface area contributed by atoms with E-state index in [-0.39, 0.29) is 18.2 Å². The van der Waals surface area contributed by atoms with Gasteiger partial charge in [-0.25, -0.2) is 4.79 Å². The van der Waals surface area contributed by atoms with E-state index in [4.69, 9.17) is 4.74 Å². The van der Waals surface area contributed by atoms with E-state index in [0.29, 0.717) is 0 Å². The predicted molar refractivity (Wildman–Crippen MR) is 31.0 cm³/mol. The summed E-state index contributed by atoms with van der Waals surface area (Å²) in [4.78, 5) is 10.6. The Kier molecular flexibility index (Phi) is 1.71. The van der Waals surface area contributed by atoms with E-state index in [1.807, 2.05) is 6.92 Å². The van der Waals surface area contributed by atoms with Gasteiger partial charge in [0.25, 0.3) is 0 Å². The average molecular weight is 130 g/mol. The third-order valence-electron chi connectivity index (χ3n) is 1.42. The van der Waals surface area contributed by atoms with Gasteiger partial charge in [0.1, 0.15) is 0 Å². The fourth-order valence-corrected chi connectivity index (χ4v) is 0.777. The molecule has 0 bridgehead atoms. The molecule has 0 amide bonds. The van der Waals surface area contributed by atoms with Crippen LogP contribution in [0.25, 0.3) is 0 Å². The van der Waals surface area contributed by atoms with Gasteiger partial charge in [-0.1, -0.05) is 6.92 Å². The molecule has 0 unspecified atom stereocenters. The Morgan fingerprint density at radius 3 is 2.78 bits per heavy atom. The quantitative estimate of drug-likeness (QED) is 0.399. The summed E-state index contributed by atoms with van der Waals surface area (Å²) in [6.07, 6.45) is 0.747. The minimum atomic E-state index is -0.264. The summed E-state index contributed by atoms with van der Waals surface area (Å²) in [5.74, 6) is -0.248. The monoisotopic (exact) mass is 130 g/mol. The van der Waals surface area contributed by atoms with Crippen molar-refractivity contribution in [1.82, 2.24) is 0 Å². The lowest BCUT2D eigenvalue weighted by atomic mass is 10.3. The highest BCUT2D eigenvalue weighted by Crippen LogP contribution is 2.25. The summed E-state index contributed by atoms with van der Waals surface area (Å²) in [6.45, 7) is 1.98. The summed E-state index contributed by atoms with van der Waals surface area (Å²) in [5, 5.41) is 0. The number of rotatable bonds is 2. The van der Waals surface area contributed by atoms with Crippen LogP contribution < -0.4 is 0 Å². The number of esters is 1. The van der Waals surface area contributed by atoms with Gasteiger partial charge in [-0.2, -0.15) is 0 Å². The molecule has 1 aliphatic rings. The fraction of sp³-hybridized carbons (Fsp3) is 0.833. The molecular weight excluding hydrogens is 120 g/mol. The van der Waals surface area contributed by atoms with Crippen LogP contribution in [0.4, 0.5) is 0 Å². The predicted octanol–water partition coefficient (Wildman–Crippen LogP) is 0.337. The minimum Gasteiger partial charge on any atom is -0.467 e. The van der Waals surface area contributed by atoms with Gasteiger partial charge in [0.15, 0.2) is 6.10 Å². The molecular formula is C6H10O3. The van der Waals surface area contributed by atoms with Gasteiger partial charge in [-0.15, -0.1) is 0 Å². The third kappa shape index (κ3) is 1.21. The number of methoxy groups -OCH3 is 1. The Morgan fingerprint density at radius 1 is 1.78 bits per heavy atom. The molecule has 3 heteroatoms. The molecule has 0 N–H and O–H groups in total. The van der Waals surface area contributed by atoms with Gasteiger partial charge >= 0.3 is 5.97 Å². The molecule has 52 valence electrons. The van der Waals surface area contributed by atoms with E-state index in [1.165, 1.54) is 7.11 Å². The fourth-order valence-electron chi connectivity index (χ4n) is 0.777. The van der Waals surface area contributed by atoms with Crippen molar-refractivity contribution < 1.29 is 14.3 Å². The molecule has 0 aromatic carbocycles. The summed E-state index contributed by atoms with van der Waals surface area (Å²) in [7, 11) is 1.37. The van der Waals surface area contributed by atoms with Crippen molar-refractivity contribution in [3.8, 4) is 0 Å². The Labute approximate surface area is 53.9 Å². The molecule has 9 heavy (non-hydrogen) atoms. The number of hydrogen-bond donors (Lipinski definition) is 0. The molecule has 3 nitrogen and oxygen atoms in total. The van der Waals surface area contributed by atoms with E-state index in [0.717, 1.165) is 6.42 Å². The van der Waals surface area contributed by atoms with Crippen LogP contribution in [0.15, 0.2) is 0 Å². The minimum absolute atomic E-state index is 0.123. The second-order valence-corrected chi connectivity index (χ2v) is 2.03. The van der Waals surface area contributed by atoms with Crippen molar-refractivity contribution >= 4 is 5.97 Å². The first-order valence-electron chi connectivity index (χ1n) is 3.03. The van der Waals surface area contributed by atoms with Gasteiger partial charge in [-0.3, -0.25) is 0 Å². The molecule has 1 saturated heterocycles. The molecule has 0 aliphatic carbocycles. The summed E-state index contributed by atoms with van der Waals surface area (Å²) in [5.41, 5.74) is 0. The highest BCUT2D eigenvalue weighted by molar-refractivity contribution is 5.77. The molecule has 1 rings (SSSR count). The van der Waals surface area contributed by atoms with E-state index < -0.39 is 0 Å². The number of carbonyl (C=O) groups excluding carboxylic acids is 1. The Balaban J connectivity index is 2.25. The molecule has 1 aliphatic heterocycles. The summed E-state index contributed by atoms with van der Waals surface area (Å²) < 4.78 is 9.39. The first kappa shape index (κ1) is 6.55. The van der Waals surface area contributed by atoms with Crippen LogP contribution in [0.5, 0.6) is 0 Å². The van der Waals surface area contributed by atoms with Crippen molar-refractivity contribution in [3.05, 3.63) is 0 Å². The Bertz CT molecular complexity index is 121. The smallest absolute Gasteiger partial charge is 0.337 e. The van der Waals surface area contributed by atoms with Crippen LogP contribution in [0, 0.1) is 0 Å². The number of carbonyl (C=O) groups is 1. The van der Waals surface area contributed by atoms with E-state index in [1.54, 1.807) is 0 Å². The van der Waals surface area contributed by atoms with Crippen LogP contribution in [-0.4, -0.2) is 25.3 Å². The van der Waals surface area contributed by atoms with Crippen LogP contribution in [0.3, 0.4) is 0 Å². The van der Waals surface area contributed by atoms with Gasteiger partial charge < -0.3 is 9.47 Å². The van der Waals surface area contributed by atoms with Crippen molar-refractivity contribution in [2.45, 2.75) is 25.6 Å². The van der Waals surface area contributed by atoms with E-state index >= 15 is 0 Å². The maximum Gasteiger partial charge on any atom is 0.337 e. The topological polar surface area (TPSA) is 38.8 Å². The zero-order valence-electron chi connectivity index (χ0n) is 5.59. The van der Waals surface area contributed by atoms with Crippen molar-refractivity contribution in [2.75, 3.05) is 7.11 Å². The number of hydrogen-bond acceptors (Lipinski definition) is 3. The number of ether oxygens (including phenoxy) is 2. The Morgan fingerprint density at radius 2 is 2.44 bits per heavy atom. The van der Waals surface area contributed by atoms with E-state index in [2.05, 4.69) is 4.74 Å². The maximum absolute atomic E-state index is 10.6. The van der Waals surface area contributed by atoms with Crippen molar-refractivity contribution in [1.29, 1.82) is 0 Å². The number of epoxide rings is 1. The normalized spacial score (nSPS) is 31.8. The zero-order valence-corrected chi connectivity index (χ0v) is 5.59. The SMILES string of the molecule is CC[C@H]1O[C@@H]1C(=O)OC. The van der Waals surface area contributed by atoms with Crippen LogP contribution >= 0.6 is 0 Å². The zero-order chi connectivity index (χ0) is 6.85. The Hall–Kier alpha value is -0.570. The molecule has 0 aromatic heterocycles. The van der Waals surface area contributed by atoms with Gasteiger partial charge in [0.05, 0.1) is 13.2 Å². The molecule has 0 spiro atoms. The second-order valence-electron chi connectivity index (χ2n) is 2.03. The van der Waals surface area contributed by atoms with Crippen molar-refractivity contribution in [2.24, 2.45) is 0 Å². The first-order chi connectivity index (χ1) is 4.29. The molecule has 0 saturated carbocycles. The lowest BCUT2D eigenvalue weighted by Crippen LogP contribution is -2.10. The van der Waals surface area contributed by atoms with E-state index in [9.17, 15) is 4.79 Å².